The third-order valence-electron chi connectivity index (χ3n) is 2.38. The van der Waals surface area contributed by atoms with Gasteiger partial charge in [-0.1, -0.05) is 24.3 Å². The summed E-state index contributed by atoms with van der Waals surface area (Å²) in [5, 5.41) is 0. The van der Waals surface area contributed by atoms with Gasteiger partial charge >= 0.3 is 0 Å². The van der Waals surface area contributed by atoms with Gasteiger partial charge in [-0.3, -0.25) is 0 Å². The predicted octanol–water partition coefficient (Wildman–Crippen LogP) is 1.66. The fourth-order valence-electron chi connectivity index (χ4n) is 1.73. The minimum Gasteiger partial charge on any atom is -0.344 e. The number of benzene rings is 1. The molecule has 0 aromatic heterocycles. The Kier molecular flexibility index (Phi) is 2.84. The van der Waals surface area contributed by atoms with Crippen molar-refractivity contribution in [3.63, 3.8) is 0 Å². The third-order valence-corrected chi connectivity index (χ3v) is 2.38. The topological polar surface area (TPSA) is 61.0 Å². The quantitative estimate of drug-likeness (QED) is 0.612. The van der Waals surface area contributed by atoms with Crippen LogP contribution in [0.15, 0.2) is 24.3 Å². The summed E-state index contributed by atoms with van der Waals surface area (Å²) in [6, 6.07) is 8.99. The van der Waals surface area contributed by atoms with E-state index in [0.29, 0.717) is 6.04 Å². The zero-order valence-electron chi connectivity index (χ0n) is 7.29. The van der Waals surface area contributed by atoms with Crippen LogP contribution in [-0.4, -0.2) is 6.04 Å². The maximum atomic E-state index is 5.85. The molecule has 2 rings (SSSR count). The van der Waals surface area contributed by atoms with Gasteiger partial charge in [-0.2, -0.15) is 0 Å². The second-order valence-electron chi connectivity index (χ2n) is 3.27. The van der Waals surface area contributed by atoms with Crippen LogP contribution in [0.4, 0.5) is 0 Å². The second kappa shape index (κ2) is 3.70. The van der Waals surface area contributed by atoms with E-state index in [1.165, 1.54) is 11.1 Å². The summed E-state index contributed by atoms with van der Waals surface area (Å²) in [5.41, 5.74) is 8.79. The fraction of sp³-hybridized carbons (Fsp3) is 0.400. The van der Waals surface area contributed by atoms with E-state index in [-0.39, 0.29) is 6.15 Å². The molecule has 0 amide bonds. The average molecular weight is 164 g/mol. The van der Waals surface area contributed by atoms with Gasteiger partial charge in [-0.15, -0.1) is 0 Å². The first kappa shape index (κ1) is 9.23. The van der Waals surface area contributed by atoms with Gasteiger partial charge in [0.1, 0.15) is 0 Å². The molecule has 0 aliphatic heterocycles. The van der Waals surface area contributed by atoms with Crippen molar-refractivity contribution in [3.8, 4) is 0 Å². The third kappa shape index (κ3) is 1.65. The molecule has 0 radical (unpaired) electrons. The smallest absolute Gasteiger partial charge is 0.00825 e. The van der Waals surface area contributed by atoms with Crippen LogP contribution >= 0.6 is 0 Å². The van der Waals surface area contributed by atoms with E-state index in [9.17, 15) is 0 Å². The summed E-state index contributed by atoms with van der Waals surface area (Å²) >= 11 is 0. The highest BCUT2D eigenvalue weighted by molar-refractivity contribution is 5.30. The van der Waals surface area contributed by atoms with E-state index in [4.69, 9.17) is 5.73 Å². The number of nitrogens with two attached hydrogens (primary N) is 1. The van der Waals surface area contributed by atoms with E-state index < -0.39 is 0 Å². The van der Waals surface area contributed by atoms with E-state index >= 15 is 0 Å². The van der Waals surface area contributed by atoms with Crippen molar-refractivity contribution in [2.75, 3.05) is 0 Å². The van der Waals surface area contributed by atoms with E-state index in [2.05, 4.69) is 24.3 Å². The lowest BCUT2D eigenvalue weighted by molar-refractivity contribution is 0.576. The largest absolute Gasteiger partial charge is 0.344 e. The van der Waals surface area contributed by atoms with Gasteiger partial charge in [0.05, 0.1) is 0 Å². The van der Waals surface area contributed by atoms with Gasteiger partial charge in [-0.25, -0.2) is 0 Å². The summed E-state index contributed by atoms with van der Waals surface area (Å²) in [6.07, 6.45) is 3.38. The number of hydrogen-bond donors (Lipinski definition) is 2. The average Bonchev–Trinajstić information content (AvgIpc) is 2.04. The van der Waals surface area contributed by atoms with Crippen molar-refractivity contribution < 1.29 is 0 Å². The molecule has 12 heavy (non-hydrogen) atoms. The molecule has 1 aliphatic carbocycles. The normalized spacial score (nSPS) is 20.9. The van der Waals surface area contributed by atoms with Crippen molar-refractivity contribution in [3.05, 3.63) is 35.4 Å². The number of fused-ring (bicyclic) bond motifs is 1. The van der Waals surface area contributed by atoms with Crippen LogP contribution in [0.25, 0.3) is 0 Å². The van der Waals surface area contributed by atoms with Crippen LogP contribution in [-0.2, 0) is 12.8 Å². The van der Waals surface area contributed by atoms with Gasteiger partial charge in [-0.05, 0) is 30.4 Å². The summed E-state index contributed by atoms with van der Waals surface area (Å²) in [6.45, 7) is 0. The Morgan fingerprint density at radius 2 is 1.83 bits per heavy atom. The lowest BCUT2D eigenvalue weighted by atomic mass is 9.89. The summed E-state index contributed by atoms with van der Waals surface area (Å²) in [7, 11) is 0. The molecule has 2 nitrogen and oxygen atoms in total. The minimum absolute atomic E-state index is 0. The highest BCUT2D eigenvalue weighted by atomic mass is 14.6. The number of aryl methyl sites for hydroxylation is 1. The monoisotopic (exact) mass is 164 g/mol. The molecule has 66 valence electrons. The second-order valence-corrected chi connectivity index (χ2v) is 3.27. The van der Waals surface area contributed by atoms with Crippen LogP contribution in [0.1, 0.15) is 17.5 Å². The Hall–Kier alpha value is -0.860. The molecule has 2 heteroatoms. The molecule has 0 heterocycles. The molecule has 1 aromatic carbocycles. The SMILES string of the molecule is N.NC1CCc2ccccc2C1. The molecular formula is C10H16N2. The molecule has 1 atom stereocenters. The van der Waals surface area contributed by atoms with Crippen LogP contribution in [0.2, 0.25) is 0 Å². The summed E-state index contributed by atoms with van der Waals surface area (Å²) < 4.78 is 0. The first-order valence-electron chi connectivity index (χ1n) is 4.18. The predicted molar refractivity (Wildman–Crippen MR) is 51.5 cm³/mol. The molecule has 0 saturated carbocycles. The molecule has 0 bridgehead atoms. The standard InChI is InChI=1S/C10H13N.H3N/c11-10-6-5-8-3-1-2-4-9(8)7-10;/h1-4,10H,5-7,11H2;1H3. The van der Waals surface area contributed by atoms with E-state index in [1.807, 2.05) is 0 Å². The number of rotatable bonds is 0. The Morgan fingerprint density at radius 3 is 2.58 bits per heavy atom. The minimum atomic E-state index is 0. The van der Waals surface area contributed by atoms with Gasteiger partial charge in [0.25, 0.3) is 0 Å². The Balaban J connectivity index is 0.000000720. The zero-order chi connectivity index (χ0) is 7.68. The molecule has 5 N–H and O–H groups in total. The van der Waals surface area contributed by atoms with Crippen molar-refractivity contribution in [2.45, 2.75) is 25.3 Å². The highest BCUT2D eigenvalue weighted by Gasteiger charge is 2.13. The fourth-order valence-corrected chi connectivity index (χ4v) is 1.73. The van der Waals surface area contributed by atoms with Crippen molar-refractivity contribution >= 4 is 0 Å². The molecule has 1 aliphatic rings. The molecular weight excluding hydrogens is 148 g/mol. The maximum Gasteiger partial charge on any atom is 0.00825 e. The lowest BCUT2D eigenvalue weighted by Gasteiger charge is -2.20. The molecule has 0 fully saturated rings. The van der Waals surface area contributed by atoms with E-state index in [1.54, 1.807) is 0 Å². The summed E-state index contributed by atoms with van der Waals surface area (Å²) in [4.78, 5) is 0. The van der Waals surface area contributed by atoms with E-state index in [0.717, 1.165) is 19.3 Å². The molecule has 0 saturated heterocycles. The Morgan fingerprint density at radius 1 is 1.17 bits per heavy atom. The van der Waals surface area contributed by atoms with Crippen LogP contribution in [0.3, 0.4) is 0 Å². The van der Waals surface area contributed by atoms with Crippen molar-refractivity contribution in [2.24, 2.45) is 5.73 Å². The lowest BCUT2D eigenvalue weighted by Crippen LogP contribution is -2.27. The Labute approximate surface area is 73.4 Å². The van der Waals surface area contributed by atoms with Gasteiger partial charge in [0.15, 0.2) is 0 Å². The van der Waals surface area contributed by atoms with Crippen molar-refractivity contribution in [1.29, 1.82) is 0 Å². The first-order valence-corrected chi connectivity index (χ1v) is 4.18. The van der Waals surface area contributed by atoms with Gasteiger partial charge in [0.2, 0.25) is 0 Å². The summed E-state index contributed by atoms with van der Waals surface area (Å²) in [5.74, 6) is 0. The maximum absolute atomic E-state index is 5.85. The first-order chi connectivity index (χ1) is 5.36. The molecule has 1 aromatic rings. The molecule has 1 unspecified atom stereocenters. The molecule has 0 spiro atoms. The van der Waals surface area contributed by atoms with Crippen LogP contribution < -0.4 is 11.9 Å². The van der Waals surface area contributed by atoms with Crippen LogP contribution in [0.5, 0.6) is 0 Å². The Bertz CT molecular complexity index is 258. The number of hydrogen-bond acceptors (Lipinski definition) is 2. The zero-order valence-corrected chi connectivity index (χ0v) is 7.29. The highest BCUT2D eigenvalue weighted by Crippen LogP contribution is 2.19. The van der Waals surface area contributed by atoms with Gasteiger partial charge in [0, 0.05) is 6.04 Å². The van der Waals surface area contributed by atoms with Gasteiger partial charge < -0.3 is 11.9 Å². The van der Waals surface area contributed by atoms with Crippen LogP contribution in [0, 0.1) is 0 Å². The van der Waals surface area contributed by atoms with Crippen molar-refractivity contribution in [1.82, 2.24) is 6.15 Å².